The predicted molar refractivity (Wildman–Crippen MR) is 221 cm³/mol. The van der Waals surface area contributed by atoms with Crippen molar-refractivity contribution in [3.8, 4) is 0 Å². The van der Waals surface area contributed by atoms with E-state index in [4.69, 9.17) is 0 Å². The van der Waals surface area contributed by atoms with E-state index in [0.29, 0.717) is 11.3 Å². The van der Waals surface area contributed by atoms with Gasteiger partial charge < -0.3 is 0 Å². The molecule has 0 heterocycles. The molecule has 4 aromatic rings. The van der Waals surface area contributed by atoms with Gasteiger partial charge in [-0.1, -0.05) is 174 Å². The maximum absolute atomic E-state index is 2.61. The zero-order chi connectivity index (χ0) is 34.8. The van der Waals surface area contributed by atoms with Crippen LogP contribution in [0.5, 0.6) is 0 Å². The van der Waals surface area contributed by atoms with E-state index in [9.17, 15) is 0 Å². The van der Waals surface area contributed by atoms with Crippen LogP contribution in [0.3, 0.4) is 0 Å². The van der Waals surface area contributed by atoms with Gasteiger partial charge in [-0.15, -0.1) is 0 Å². The van der Waals surface area contributed by atoms with Gasteiger partial charge in [0, 0.05) is 11.3 Å². The maximum Gasteiger partial charge on any atom is 0.0140 e. The van der Waals surface area contributed by atoms with Crippen LogP contribution in [0.1, 0.15) is 68.0 Å². The largest absolute Gasteiger partial charge is 0.0779 e. The summed E-state index contributed by atoms with van der Waals surface area (Å²) in [4.78, 5) is 0. The summed E-state index contributed by atoms with van der Waals surface area (Å²) in [6, 6.07) is 33.0. The van der Waals surface area contributed by atoms with E-state index in [2.05, 4.69) is 189 Å². The van der Waals surface area contributed by atoms with Crippen LogP contribution in [0.15, 0.2) is 134 Å². The molecule has 6 rings (SSSR count). The van der Waals surface area contributed by atoms with Crippen molar-refractivity contribution in [2.45, 2.75) is 86.0 Å². The maximum atomic E-state index is 2.61. The lowest BCUT2D eigenvalue weighted by Crippen LogP contribution is -2.34. The van der Waals surface area contributed by atoms with E-state index in [1.807, 2.05) is 0 Å². The molecule has 0 aromatic heterocycles. The SMILES string of the molecule is CCc1ccc(CCc2ccc(C)cc2P(c2ccccc2C)C2C=CC=CC2(C)C)cc1P(c1ccccc1C)C1C=CC=CC1(C)C. The van der Waals surface area contributed by atoms with Gasteiger partial charge in [-0.05, 0) is 116 Å². The Kier molecular flexibility index (Phi) is 10.8. The molecule has 4 atom stereocenters. The summed E-state index contributed by atoms with van der Waals surface area (Å²) in [6.07, 6.45) is 22.0. The summed E-state index contributed by atoms with van der Waals surface area (Å²) < 4.78 is 0. The molecule has 0 saturated carbocycles. The average molecular weight is 681 g/mol. The monoisotopic (exact) mass is 680 g/mol. The number of benzene rings is 4. The van der Waals surface area contributed by atoms with E-state index in [0.717, 1.165) is 19.3 Å². The van der Waals surface area contributed by atoms with Gasteiger partial charge in [0.1, 0.15) is 0 Å². The Morgan fingerprint density at radius 1 is 0.531 bits per heavy atom. The molecular weight excluding hydrogens is 626 g/mol. The third-order valence-corrected chi connectivity index (χ3v) is 17.4. The first kappa shape index (κ1) is 35.5. The lowest BCUT2D eigenvalue weighted by molar-refractivity contribution is 0.493. The van der Waals surface area contributed by atoms with Gasteiger partial charge in [0.15, 0.2) is 0 Å². The molecule has 0 fully saturated rings. The molecule has 0 amide bonds. The van der Waals surface area contributed by atoms with E-state index in [-0.39, 0.29) is 10.8 Å². The first-order valence-corrected chi connectivity index (χ1v) is 21.0. The van der Waals surface area contributed by atoms with Crippen LogP contribution in [-0.4, -0.2) is 11.3 Å². The molecule has 0 radical (unpaired) electrons. The molecule has 0 N–H and O–H groups in total. The highest BCUT2D eigenvalue weighted by molar-refractivity contribution is 7.74. The third-order valence-electron chi connectivity index (χ3n) is 10.7. The first-order chi connectivity index (χ1) is 23.5. The molecule has 2 aliphatic carbocycles. The van der Waals surface area contributed by atoms with Gasteiger partial charge in [0.25, 0.3) is 0 Å². The molecule has 0 spiro atoms. The van der Waals surface area contributed by atoms with Crippen molar-refractivity contribution >= 4 is 37.1 Å². The summed E-state index contributed by atoms with van der Waals surface area (Å²) in [5.74, 6) is 0. The van der Waals surface area contributed by atoms with Crippen LogP contribution < -0.4 is 21.2 Å². The fourth-order valence-electron chi connectivity index (χ4n) is 7.68. The zero-order valence-corrected chi connectivity index (χ0v) is 32.7. The first-order valence-electron chi connectivity index (χ1n) is 18.1. The highest BCUT2D eigenvalue weighted by atomic mass is 31.1. The lowest BCUT2D eigenvalue weighted by Gasteiger charge is -2.40. The van der Waals surface area contributed by atoms with Crippen molar-refractivity contribution in [3.05, 3.63) is 167 Å². The number of aryl methyl sites for hydroxylation is 6. The fourth-order valence-corrected chi connectivity index (χ4v) is 14.5. The van der Waals surface area contributed by atoms with E-state index >= 15 is 0 Å². The lowest BCUT2D eigenvalue weighted by atomic mass is 9.85. The van der Waals surface area contributed by atoms with Crippen molar-refractivity contribution in [2.24, 2.45) is 10.8 Å². The minimum atomic E-state index is -0.622. The Bertz CT molecular complexity index is 1920. The molecule has 252 valence electrons. The number of allylic oxidation sites excluding steroid dienone is 8. The minimum Gasteiger partial charge on any atom is -0.0779 e. The molecule has 0 saturated heterocycles. The van der Waals surface area contributed by atoms with Crippen molar-refractivity contribution < 1.29 is 0 Å². The molecule has 0 aliphatic heterocycles. The Morgan fingerprint density at radius 3 is 1.55 bits per heavy atom. The van der Waals surface area contributed by atoms with Gasteiger partial charge in [0.05, 0.1) is 0 Å². The number of hydrogen-bond acceptors (Lipinski definition) is 0. The van der Waals surface area contributed by atoms with Crippen LogP contribution in [0.25, 0.3) is 0 Å². The fraction of sp³-hybridized carbons (Fsp3) is 0.319. The van der Waals surface area contributed by atoms with Crippen molar-refractivity contribution in [2.75, 3.05) is 0 Å². The van der Waals surface area contributed by atoms with Gasteiger partial charge in [-0.2, -0.15) is 0 Å². The second kappa shape index (κ2) is 14.9. The van der Waals surface area contributed by atoms with Gasteiger partial charge in [-0.25, -0.2) is 0 Å². The summed E-state index contributed by atoms with van der Waals surface area (Å²) in [5.41, 5.74) is 9.65. The second-order valence-corrected chi connectivity index (χ2v) is 19.8. The summed E-state index contributed by atoms with van der Waals surface area (Å²) in [5, 5.41) is 6.15. The Morgan fingerprint density at radius 2 is 1.04 bits per heavy atom. The van der Waals surface area contributed by atoms with Crippen LogP contribution in [0.4, 0.5) is 0 Å². The molecule has 49 heavy (non-hydrogen) atoms. The van der Waals surface area contributed by atoms with Gasteiger partial charge in [-0.3, -0.25) is 0 Å². The topological polar surface area (TPSA) is 0 Å². The zero-order valence-electron chi connectivity index (χ0n) is 30.9. The van der Waals surface area contributed by atoms with Gasteiger partial charge in [0.2, 0.25) is 0 Å². The van der Waals surface area contributed by atoms with Crippen LogP contribution in [0, 0.1) is 31.6 Å². The highest BCUT2D eigenvalue weighted by Crippen LogP contribution is 2.53. The molecule has 4 unspecified atom stereocenters. The Labute approximate surface area is 299 Å². The molecule has 4 aromatic carbocycles. The van der Waals surface area contributed by atoms with E-state index in [1.54, 1.807) is 10.6 Å². The second-order valence-electron chi connectivity index (χ2n) is 15.3. The molecular formula is C47H54P2. The third kappa shape index (κ3) is 7.58. The van der Waals surface area contributed by atoms with Crippen LogP contribution in [0.2, 0.25) is 0 Å². The smallest absolute Gasteiger partial charge is 0.0140 e. The summed E-state index contributed by atoms with van der Waals surface area (Å²) >= 11 is 0. The quantitative estimate of drug-likeness (QED) is 0.146. The van der Waals surface area contributed by atoms with Gasteiger partial charge >= 0.3 is 0 Å². The van der Waals surface area contributed by atoms with E-state index < -0.39 is 15.8 Å². The van der Waals surface area contributed by atoms with Crippen LogP contribution in [-0.2, 0) is 19.3 Å². The van der Waals surface area contributed by atoms with E-state index in [1.165, 1.54) is 44.0 Å². The molecule has 0 bridgehead atoms. The Balaban J connectivity index is 1.41. The van der Waals surface area contributed by atoms with Crippen LogP contribution >= 0.6 is 15.8 Å². The standard InChI is InChI=1S/C47H54P2/c1-9-38-28-25-37(33-43(38)49(41-21-13-11-19-36(41)4)45-23-15-17-31-47(45,7)8)26-29-39-27-24-34(2)32-42(39)48(40-20-12-10-18-35(40)3)44-22-14-16-30-46(44,5)6/h10-25,27-28,30-33,44-45H,9,26,29H2,1-8H3. The average Bonchev–Trinajstić information content (AvgIpc) is 3.07. The molecule has 0 nitrogen and oxygen atoms in total. The predicted octanol–water partition coefficient (Wildman–Crippen LogP) is 10.9. The summed E-state index contributed by atoms with van der Waals surface area (Å²) in [7, 11) is -1.23. The van der Waals surface area contributed by atoms with Crippen molar-refractivity contribution in [3.63, 3.8) is 0 Å². The molecule has 2 aliphatic rings. The Hall–Kier alpha value is -3.30. The number of rotatable bonds is 10. The summed E-state index contributed by atoms with van der Waals surface area (Å²) in [6.45, 7) is 18.9. The number of hydrogen-bond donors (Lipinski definition) is 0. The highest BCUT2D eigenvalue weighted by Gasteiger charge is 2.38. The minimum absolute atomic E-state index is 0.0813. The normalized spacial score (nSPS) is 20.3. The van der Waals surface area contributed by atoms with Crippen molar-refractivity contribution in [1.29, 1.82) is 0 Å². The van der Waals surface area contributed by atoms with Crippen molar-refractivity contribution in [1.82, 2.24) is 0 Å². The molecule has 2 heteroatoms.